The summed E-state index contributed by atoms with van der Waals surface area (Å²) >= 11 is 0. The molecule has 0 radical (unpaired) electrons. The largest absolute Gasteiger partial charge is 0.488 e. The number of carbonyl (C=O) groups is 1. The lowest BCUT2D eigenvalue weighted by Gasteiger charge is -2.28. The average molecular weight is 535 g/mol. The van der Waals surface area contributed by atoms with E-state index in [1.54, 1.807) is 0 Å². The summed E-state index contributed by atoms with van der Waals surface area (Å²) in [5.41, 5.74) is 4.67. The van der Waals surface area contributed by atoms with Crippen LogP contribution < -0.4 is 9.47 Å². The van der Waals surface area contributed by atoms with Crippen molar-refractivity contribution in [3.63, 3.8) is 0 Å². The molecule has 3 heteroatoms. The summed E-state index contributed by atoms with van der Waals surface area (Å²) in [6, 6.07) is 31.9. The normalized spacial score (nSPS) is 12.6. The molecule has 4 aromatic rings. The Morgan fingerprint density at radius 3 is 1.52 bits per heavy atom. The third-order valence-electron chi connectivity index (χ3n) is 8.10. The van der Waals surface area contributed by atoms with Gasteiger partial charge in [0.1, 0.15) is 22.8 Å². The van der Waals surface area contributed by atoms with Crippen molar-refractivity contribution in [3.8, 4) is 17.2 Å². The molecule has 0 aromatic heterocycles. The summed E-state index contributed by atoms with van der Waals surface area (Å²) in [7, 11) is 0. The highest BCUT2D eigenvalue weighted by atomic mass is 16.5. The van der Waals surface area contributed by atoms with Crippen molar-refractivity contribution >= 4 is 5.78 Å². The lowest BCUT2D eigenvalue weighted by atomic mass is 9.78. The van der Waals surface area contributed by atoms with Crippen LogP contribution in [0.5, 0.6) is 17.2 Å². The van der Waals surface area contributed by atoms with Crippen molar-refractivity contribution < 1.29 is 14.3 Å². The third-order valence-corrected chi connectivity index (χ3v) is 8.10. The van der Waals surface area contributed by atoms with Gasteiger partial charge in [-0.2, -0.15) is 0 Å². The van der Waals surface area contributed by atoms with Crippen molar-refractivity contribution in [3.05, 3.63) is 125 Å². The summed E-state index contributed by atoms with van der Waals surface area (Å²) < 4.78 is 12.2. The minimum atomic E-state index is -0.179. The number of ether oxygens (including phenoxy) is 2. The van der Waals surface area contributed by atoms with Crippen LogP contribution in [0.15, 0.2) is 97.1 Å². The summed E-state index contributed by atoms with van der Waals surface area (Å²) in [6.45, 7) is 15.2. The molecule has 0 aliphatic heterocycles. The molecule has 0 aliphatic rings. The molecule has 208 valence electrons. The van der Waals surface area contributed by atoms with Gasteiger partial charge in [0.25, 0.3) is 0 Å². The maximum atomic E-state index is 13.0. The lowest BCUT2D eigenvalue weighted by Crippen LogP contribution is -2.26. The summed E-state index contributed by atoms with van der Waals surface area (Å²) in [6.07, 6.45) is 2.03. The van der Waals surface area contributed by atoms with Crippen LogP contribution in [0.4, 0.5) is 0 Å². The van der Waals surface area contributed by atoms with E-state index in [-0.39, 0.29) is 16.8 Å². The standard InChI is InChI=1S/C37H42O3/c1-8-26(3)27-10-12-28(13-11-27)35(38)29-14-20-32(21-15-29)39-33-22-16-30(17-23-33)37(6,7)31-18-24-34(25-19-31)40-36(4,5)9-2/h10-26H,8-9H2,1-7H3. The Balaban J connectivity index is 1.40. The minimum absolute atomic E-state index is 0.0162. The third kappa shape index (κ3) is 6.83. The molecule has 0 fully saturated rings. The van der Waals surface area contributed by atoms with Gasteiger partial charge < -0.3 is 9.47 Å². The van der Waals surface area contributed by atoms with Gasteiger partial charge in [-0.3, -0.25) is 4.79 Å². The van der Waals surface area contributed by atoms with Gasteiger partial charge in [-0.1, -0.05) is 83.1 Å². The Morgan fingerprint density at radius 1 is 0.650 bits per heavy atom. The number of ketones is 1. The van der Waals surface area contributed by atoms with Crippen molar-refractivity contribution in [2.24, 2.45) is 0 Å². The van der Waals surface area contributed by atoms with Crippen LogP contribution in [0.25, 0.3) is 0 Å². The maximum Gasteiger partial charge on any atom is 0.193 e. The van der Waals surface area contributed by atoms with Crippen LogP contribution in [0.2, 0.25) is 0 Å². The van der Waals surface area contributed by atoms with Crippen molar-refractivity contribution in [1.82, 2.24) is 0 Å². The second-order valence-corrected chi connectivity index (χ2v) is 11.8. The first kappa shape index (κ1) is 29.1. The number of hydrogen-bond acceptors (Lipinski definition) is 3. The minimum Gasteiger partial charge on any atom is -0.488 e. The molecule has 40 heavy (non-hydrogen) atoms. The fraction of sp³-hybridized carbons (Fsp3) is 0.324. The van der Waals surface area contributed by atoms with E-state index < -0.39 is 0 Å². The van der Waals surface area contributed by atoms with Gasteiger partial charge in [-0.05, 0) is 97.8 Å². The van der Waals surface area contributed by atoms with Crippen LogP contribution >= 0.6 is 0 Å². The molecule has 0 bridgehead atoms. The molecule has 0 heterocycles. The predicted molar refractivity (Wildman–Crippen MR) is 165 cm³/mol. The average Bonchev–Trinajstić information content (AvgIpc) is 2.97. The molecule has 3 nitrogen and oxygen atoms in total. The van der Waals surface area contributed by atoms with Crippen LogP contribution in [0.3, 0.4) is 0 Å². The van der Waals surface area contributed by atoms with Gasteiger partial charge >= 0.3 is 0 Å². The van der Waals surface area contributed by atoms with Gasteiger partial charge in [0.2, 0.25) is 0 Å². The molecule has 0 saturated carbocycles. The van der Waals surface area contributed by atoms with E-state index in [0.717, 1.165) is 24.3 Å². The summed E-state index contributed by atoms with van der Waals surface area (Å²) in [5, 5.41) is 0. The second kappa shape index (κ2) is 12.1. The SMILES string of the molecule is CCC(C)c1ccc(C(=O)c2ccc(Oc3ccc(C(C)(C)c4ccc(OC(C)(C)CC)cc4)cc3)cc2)cc1. The number of rotatable bonds is 11. The fourth-order valence-corrected chi connectivity index (χ4v) is 4.61. The van der Waals surface area contributed by atoms with Gasteiger partial charge in [-0.15, -0.1) is 0 Å². The van der Waals surface area contributed by atoms with Crippen LogP contribution in [0.1, 0.15) is 99.8 Å². The van der Waals surface area contributed by atoms with E-state index >= 15 is 0 Å². The Labute approximate surface area is 240 Å². The Kier molecular flexibility index (Phi) is 8.83. The van der Waals surface area contributed by atoms with Crippen molar-refractivity contribution in [2.75, 3.05) is 0 Å². The molecule has 1 atom stereocenters. The summed E-state index contributed by atoms with van der Waals surface area (Å²) in [4.78, 5) is 13.0. The molecule has 0 spiro atoms. The predicted octanol–water partition coefficient (Wildman–Crippen LogP) is 10.1. The molecule has 0 N–H and O–H groups in total. The number of benzene rings is 4. The molecule has 0 saturated heterocycles. The lowest BCUT2D eigenvalue weighted by molar-refractivity contribution is 0.103. The molecular formula is C37H42O3. The van der Waals surface area contributed by atoms with Gasteiger partial charge in [-0.25, -0.2) is 0 Å². The zero-order valence-electron chi connectivity index (χ0n) is 25.0. The molecule has 4 rings (SSSR count). The van der Waals surface area contributed by atoms with Crippen LogP contribution in [0, 0.1) is 0 Å². The molecule has 4 aromatic carbocycles. The Bertz CT molecular complexity index is 1390. The first-order valence-electron chi connectivity index (χ1n) is 14.3. The van der Waals surface area contributed by atoms with Gasteiger partial charge in [0.15, 0.2) is 5.78 Å². The fourth-order valence-electron chi connectivity index (χ4n) is 4.61. The second-order valence-electron chi connectivity index (χ2n) is 11.8. The van der Waals surface area contributed by atoms with Gasteiger partial charge in [0, 0.05) is 16.5 Å². The highest BCUT2D eigenvalue weighted by molar-refractivity contribution is 6.09. The quantitative estimate of drug-likeness (QED) is 0.180. The van der Waals surface area contributed by atoms with E-state index in [9.17, 15) is 4.79 Å². The van der Waals surface area contributed by atoms with Crippen LogP contribution in [-0.2, 0) is 5.41 Å². The maximum absolute atomic E-state index is 13.0. The number of hydrogen-bond donors (Lipinski definition) is 0. The van der Waals surface area contributed by atoms with E-state index in [1.807, 2.05) is 48.5 Å². The van der Waals surface area contributed by atoms with Crippen LogP contribution in [-0.4, -0.2) is 11.4 Å². The van der Waals surface area contributed by atoms with Crippen molar-refractivity contribution in [1.29, 1.82) is 0 Å². The Morgan fingerprint density at radius 2 is 1.07 bits per heavy atom. The molecule has 1 unspecified atom stereocenters. The smallest absolute Gasteiger partial charge is 0.193 e. The first-order valence-corrected chi connectivity index (χ1v) is 14.3. The molecule has 0 aliphatic carbocycles. The first-order chi connectivity index (χ1) is 19.0. The summed E-state index contributed by atoms with van der Waals surface area (Å²) in [5.74, 6) is 2.85. The molecule has 0 amide bonds. The van der Waals surface area contributed by atoms with E-state index in [4.69, 9.17) is 9.47 Å². The van der Waals surface area contributed by atoms with E-state index in [0.29, 0.717) is 22.8 Å². The Hall–Kier alpha value is -3.85. The van der Waals surface area contributed by atoms with E-state index in [1.165, 1.54) is 16.7 Å². The monoisotopic (exact) mass is 534 g/mol. The van der Waals surface area contributed by atoms with Gasteiger partial charge in [0.05, 0.1) is 0 Å². The molecular weight excluding hydrogens is 492 g/mol. The highest BCUT2D eigenvalue weighted by Gasteiger charge is 2.24. The van der Waals surface area contributed by atoms with E-state index in [2.05, 4.69) is 97.0 Å². The zero-order valence-corrected chi connectivity index (χ0v) is 25.0. The zero-order chi connectivity index (χ0) is 28.9. The highest BCUT2D eigenvalue weighted by Crippen LogP contribution is 2.34. The topological polar surface area (TPSA) is 35.5 Å². The number of carbonyl (C=O) groups excluding carboxylic acids is 1. The van der Waals surface area contributed by atoms with Crippen molar-refractivity contribution in [2.45, 2.75) is 78.2 Å².